The van der Waals surface area contributed by atoms with Crippen LogP contribution in [0, 0.1) is 5.92 Å². The molecule has 1 aromatic carbocycles. The minimum Gasteiger partial charge on any atom is -0.333 e. The molecule has 2 N–H and O–H groups in total. The van der Waals surface area contributed by atoms with Crippen LogP contribution in [0.15, 0.2) is 42.9 Å². The summed E-state index contributed by atoms with van der Waals surface area (Å²) < 4.78 is 2.24. The van der Waals surface area contributed by atoms with E-state index in [-0.39, 0.29) is 6.04 Å². The van der Waals surface area contributed by atoms with Crippen molar-refractivity contribution in [3.05, 3.63) is 54.1 Å². The molecule has 1 aliphatic heterocycles. The van der Waals surface area contributed by atoms with E-state index in [0.29, 0.717) is 0 Å². The zero-order valence-electron chi connectivity index (χ0n) is 12.7. The summed E-state index contributed by atoms with van der Waals surface area (Å²) in [5.74, 6) is 0.733. The number of hydrogen-bond acceptors (Lipinski definition) is 3. The Labute approximate surface area is 126 Å². The van der Waals surface area contributed by atoms with Gasteiger partial charge < -0.3 is 15.2 Å². The Hall–Kier alpha value is -1.65. The first kappa shape index (κ1) is 14.3. The smallest absolute Gasteiger partial charge is 0.0948 e. The Morgan fingerprint density at radius 3 is 2.67 bits per heavy atom. The van der Waals surface area contributed by atoms with E-state index in [2.05, 4.69) is 33.6 Å². The molecule has 0 saturated carbocycles. The molecule has 0 radical (unpaired) electrons. The first-order valence-electron chi connectivity index (χ1n) is 7.73. The number of hydrogen-bond donors (Lipinski definition) is 1. The maximum atomic E-state index is 6.42. The van der Waals surface area contributed by atoms with Crippen molar-refractivity contribution in [2.45, 2.75) is 25.4 Å². The van der Waals surface area contributed by atoms with Crippen molar-refractivity contribution in [3.63, 3.8) is 0 Å². The lowest BCUT2D eigenvalue weighted by Gasteiger charge is -2.29. The zero-order valence-corrected chi connectivity index (χ0v) is 12.7. The van der Waals surface area contributed by atoms with E-state index in [4.69, 9.17) is 5.73 Å². The van der Waals surface area contributed by atoms with E-state index in [1.165, 1.54) is 25.9 Å². The third-order valence-corrected chi connectivity index (χ3v) is 4.51. The molecule has 4 nitrogen and oxygen atoms in total. The molecule has 1 aromatic heterocycles. The first-order chi connectivity index (χ1) is 10.2. The zero-order chi connectivity index (χ0) is 14.7. The number of nitrogens with zero attached hydrogens (tertiary/aromatic N) is 3. The van der Waals surface area contributed by atoms with Crippen LogP contribution in [0.4, 0.5) is 0 Å². The number of imidazole rings is 1. The number of likely N-dealkylation sites (tertiary alicyclic amines) is 1. The minimum absolute atomic E-state index is 0.0973. The Kier molecular flexibility index (Phi) is 4.36. The monoisotopic (exact) mass is 284 g/mol. The Morgan fingerprint density at radius 2 is 1.95 bits per heavy atom. The molecular formula is C17H24N4. The van der Waals surface area contributed by atoms with E-state index >= 15 is 0 Å². The summed E-state index contributed by atoms with van der Waals surface area (Å²) in [6.45, 7) is 3.42. The van der Waals surface area contributed by atoms with E-state index < -0.39 is 0 Å². The lowest BCUT2D eigenvalue weighted by molar-refractivity contribution is 0.204. The Balaban J connectivity index is 1.72. The quantitative estimate of drug-likeness (QED) is 0.937. The molecule has 0 spiro atoms. The van der Waals surface area contributed by atoms with Crippen LogP contribution in [0.3, 0.4) is 0 Å². The molecule has 1 aliphatic rings. The van der Waals surface area contributed by atoms with Crippen molar-refractivity contribution in [1.82, 2.24) is 14.5 Å². The van der Waals surface area contributed by atoms with E-state index in [0.717, 1.165) is 23.7 Å². The molecule has 112 valence electrons. The summed E-state index contributed by atoms with van der Waals surface area (Å²) in [6.07, 6.45) is 6.35. The van der Waals surface area contributed by atoms with Gasteiger partial charge in [0.05, 0.1) is 24.3 Å². The fraction of sp³-hybridized carbons (Fsp3) is 0.471. The molecule has 0 aliphatic carbocycles. The fourth-order valence-electron chi connectivity index (χ4n) is 3.10. The number of nitrogens with two attached hydrogens (primary N) is 1. The minimum atomic E-state index is -0.0973. The van der Waals surface area contributed by atoms with Crippen molar-refractivity contribution in [2.24, 2.45) is 11.7 Å². The molecule has 1 saturated heterocycles. The summed E-state index contributed by atoms with van der Waals surface area (Å²) in [5.41, 5.74) is 8.67. The normalized spacial score (nSPS) is 18.8. The highest BCUT2D eigenvalue weighted by molar-refractivity contribution is 5.26. The van der Waals surface area contributed by atoms with Gasteiger partial charge in [0.2, 0.25) is 0 Å². The van der Waals surface area contributed by atoms with Crippen molar-refractivity contribution in [3.8, 4) is 0 Å². The summed E-state index contributed by atoms with van der Waals surface area (Å²) in [4.78, 5) is 6.73. The SMILES string of the molecule is CN1CCC(Cn2cncc2C(N)c2ccccc2)CC1. The standard InChI is InChI=1S/C17H24N4/c1-20-9-7-14(8-10-20)12-21-13-19-11-16(21)17(18)15-5-3-2-4-6-15/h2-6,11,13-14,17H,7-10,12,18H2,1H3. The maximum absolute atomic E-state index is 6.42. The molecule has 3 rings (SSSR count). The average Bonchev–Trinajstić information content (AvgIpc) is 2.98. The average molecular weight is 284 g/mol. The van der Waals surface area contributed by atoms with Gasteiger partial charge in [-0.15, -0.1) is 0 Å². The molecule has 2 aromatic rings. The number of piperidine rings is 1. The molecule has 0 amide bonds. The van der Waals surface area contributed by atoms with Crippen LogP contribution in [0.25, 0.3) is 0 Å². The van der Waals surface area contributed by atoms with Crippen molar-refractivity contribution in [1.29, 1.82) is 0 Å². The lowest BCUT2D eigenvalue weighted by Crippen LogP contribution is -2.32. The molecule has 4 heteroatoms. The van der Waals surface area contributed by atoms with Crippen LogP contribution < -0.4 is 5.73 Å². The van der Waals surface area contributed by atoms with E-state index in [1.807, 2.05) is 30.7 Å². The van der Waals surface area contributed by atoms with E-state index in [9.17, 15) is 0 Å². The lowest BCUT2D eigenvalue weighted by atomic mass is 9.96. The van der Waals surface area contributed by atoms with E-state index in [1.54, 1.807) is 0 Å². The number of benzene rings is 1. The molecule has 1 unspecified atom stereocenters. The van der Waals surface area contributed by atoms with Crippen LogP contribution >= 0.6 is 0 Å². The Bertz CT molecular complexity index is 555. The second-order valence-corrected chi connectivity index (χ2v) is 6.11. The van der Waals surface area contributed by atoms with Gasteiger partial charge >= 0.3 is 0 Å². The van der Waals surface area contributed by atoms with Gasteiger partial charge in [0.15, 0.2) is 0 Å². The Morgan fingerprint density at radius 1 is 1.24 bits per heavy atom. The third kappa shape index (κ3) is 3.34. The van der Waals surface area contributed by atoms with Gasteiger partial charge in [-0.05, 0) is 44.5 Å². The molecule has 2 heterocycles. The number of aromatic nitrogens is 2. The molecule has 1 fully saturated rings. The molecule has 1 atom stereocenters. The summed E-state index contributed by atoms with van der Waals surface area (Å²) in [5, 5.41) is 0. The van der Waals surface area contributed by atoms with Crippen LogP contribution in [-0.4, -0.2) is 34.6 Å². The third-order valence-electron chi connectivity index (χ3n) is 4.51. The van der Waals surface area contributed by atoms with Crippen LogP contribution in [-0.2, 0) is 6.54 Å². The second kappa shape index (κ2) is 6.41. The fourth-order valence-corrected chi connectivity index (χ4v) is 3.10. The van der Waals surface area contributed by atoms with Gasteiger partial charge in [0, 0.05) is 6.54 Å². The predicted molar refractivity (Wildman–Crippen MR) is 84.9 cm³/mol. The van der Waals surface area contributed by atoms with Gasteiger partial charge in [0.1, 0.15) is 0 Å². The topological polar surface area (TPSA) is 47.1 Å². The summed E-state index contributed by atoms with van der Waals surface area (Å²) >= 11 is 0. The molecule has 0 bridgehead atoms. The largest absolute Gasteiger partial charge is 0.333 e. The predicted octanol–water partition coefficient (Wildman–Crippen LogP) is 2.27. The van der Waals surface area contributed by atoms with Gasteiger partial charge in [-0.1, -0.05) is 30.3 Å². The summed E-state index contributed by atoms with van der Waals surface area (Å²) in [6, 6.07) is 10.2. The number of rotatable bonds is 4. The van der Waals surface area contributed by atoms with Crippen molar-refractivity contribution in [2.75, 3.05) is 20.1 Å². The highest BCUT2D eigenvalue weighted by Gasteiger charge is 2.20. The highest BCUT2D eigenvalue weighted by atomic mass is 15.1. The van der Waals surface area contributed by atoms with Crippen LogP contribution in [0.1, 0.15) is 30.1 Å². The van der Waals surface area contributed by atoms with Crippen LogP contribution in [0.2, 0.25) is 0 Å². The summed E-state index contributed by atoms with van der Waals surface area (Å²) in [7, 11) is 2.20. The van der Waals surface area contributed by atoms with Gasteiger partial charge in [0.25, 0.3) is 0 Å². The van der Waals surface area contributed by atoms with Gasteiger partial charge in [-0.3, -0.25) is 0 Å². The molecular weight excluding hydrogens is 260 g/mol. The van der Waals surface area contributed by atoms with Crippen molar-refractivity contribution < 1.29 is 0 Å². The highest BCUT2D eigenvalue weighted by Crippen LogP contribution is 2.23. The van der Waals surface area contributed by atoms with Gasteiger partial charge in [-0.2, -0.15) is 0 Å². The van der Waals surface area contributed by atoms with Crippen LogP contribution in [0.5, 0.6) is 0 Å². The maximum Gasteiger partial charge on any atom is 0.0948 e. The van der Waals surface area contributed by atoms with Gasteiger partial charge in [-0.25, -0.2) is 4.98 Å². The molecule has 21 heavy (non-hydrogen) atoms. The second-order valence-electron chi connectivity index (χ2n) is 6.11. The first-order valence-corrected chi connectivity index (χ1v) is 7.73. The van der Waals surface area contributed by atoms with Crippen molar-refractivity contribution >= 4 is 0 Å².